The van der Waals surface area contributed by atoms with Crippen LogP contribution in [0.2, 0.25) is 0 Å². The van der Waals surface area contributed by atoms with Gasteiger partial charge in [-0.25, -0.2) is 0 Å². The molecule has 2 aliphatic carbocycles. The Balaban J connectivity index is 0.000000217. The quantitative estimate of drug-likeness (QED) is 0.126. The smallest absolute Gasteiger partial charge is 0.870 e. The maximum atomic E-state index is 13.2. The zero-order valence-electron chi connectivity index (χ0n) is 38.8. The van der Waals surface area contributed by atoms with Crippen molar-refractivity contribution in [3.8, 4) is 0 Å². The van der Waals surface area contributed by atoms with Crippen LogP contribution in [-0.2, 0) is 32.0 Å². The molecule has 0 aromatic heterocycles. The van der Waals surface area contributed by atoms with E-state index in [0.717, 1.165) is 97.4 Å². The molecule has 0 bridgehead atoms. The number of aliphatic imine (C=N–C) groups is 2. The van der Waals surface area contributed by atoms with Crippen molar-refractivity contribution in [2.45, 2.75) is 82.5 Å². The molecule has 0 spiro atoms. The number of carboxylic acids is 2. The predicted octanol–water partition coefficient (Wildman–Crippen LogP) is 3.85. The molecule has 2 amide bonds. The number of nitrogens with zero attached hydrogens (tertiary/aromatic N) is 4. The van der Waals surface area contributed by atoms with E-state index in [1.807, 2.05) is 82.6 Å². The minimum absolute atomic E-state index is 0. The molecule has 6 aliphatic rings. The first-order valence-corrected chi connectivity index (χ1v) is 23.6. The molecule has 4 aromatic rings. The molecule has 0 radical (unpaired) electrons. The molecule has 16 heteroatoms. The Kier molecular flexibility index (Phi) is 18.1. The first-order chi connectivity index (χ1) is 32.2. The molecule has 15 nitrogen and oxygen atoms in total. The van der Waals surface area contributed by atoms with Crippen molar-refractivity contribution in [3.63, 3.8) is 0 Å². The average molecular weight is 933 g/mol. The van der Waals surface area contributed by atoms with Crippen LogP contribution in [0.1, 0.15) is 103 Å². The molecule has 0 saturated carbocycles. The van der Waals surface area contributed by atoms with Gasteiger partial charge in [0, 0.05) is 75.6 Å². The zero-order chi connectivity index (χ0) is 45.6. The van der Waals surface area contributed by atoms with Crippen molar-refractivity contribution in [2.75, 3.05) is 63.0 Å². The number of amides is 2. The molecule has 2 saturated heterocycles. The summed E-state index contributed by atoms with van der Waals surface area (Å²) in [5.41, 5.74) is 8.54. The Morgan fingerprint density at radius 1 is 0.594 bits per heavy atom. The molecule has 360 valence electrons. The molecule has 2 fully saturated rings. The molecular formula is C53H65LiN8O7. The first-order valence-electron chi connectivity index (χ1n) is 23.6. The van der Waals surface area contributed by atoms with Crippen LogP contribution in [0.3, 0.4) is 0 Å². The minimum atomic E-state index is -0.753. The van der Waals surface area contributed by atoms with E-state index >= 15 is 0 Å². The summed E-state index contributed by atoms with van der Waals surface area (Å²) < 4.78 is 0. The Bertz CT molecular complexity index is 2350. The Labute approximate surface area is 417 Å². The fraction of sp³-hybridized carbons (Fsp3) is 0.434. The number of fused-ring (bicyclic) bond motifs is 6. The normalized spacial score (nSPS) is 22.7. The summed E-state index contributed by atoms with van der Waals surface area (Å²) in [6.45, 7) is 6.16. The van der Waals surface area contributed by atoms with Gasteiger partial charge >= 0.3 is 30.8 Å². The Hall–Kier alpha value is -6.14. The largest absolute Gasteiger partial charge is 1.00 e. The van der Waals surface area contributed by atoms with Crippen molar-refractivity contribution < 1.29 is 53.7 Å². The molecule has 0 unspecified atom stereocenters. The van der Waals surface area contributed by atoms with Gasteiger partial charge in [0.05, 0.1) is 25.7 Å². The van der Waals surface area contributed by atoms with E-state index in [1.54, 1.807) is 0 Å². The second kappa shape index (κ2) is 23.9. The van der Waals surface area contributed by atoms with Crippen molar-refractivity contribution in [2.24, 2.45) is 21.8 Å². The Morgan fingerprint density at radius 3 is 1.38 bits per heavy atom. The number of anilines is 2. The van der Waals surface area contributed by atoms with E-state index in [2.05, 4.69) is 55.5 Å². The van der Waals surface area contributed by atoms with E-state index in [-0.39, 0.29) is 80.1 Å². The number of nitrogens with one attached hydrogen (secondary N) is 4. The minimum Gasteiger partial charge on any atom is -0.870 e. The second-order valence-electron chi connectivity index (χ2n) is 18.5. The Morgan fingerprint density at radius 2 is 1.00 bits per heavy atom. The number of benzene rings is 4. The van der Waals surface area contributed by atoms with Crippen LogP contribution < -0.4 is 40.1 Å². The van der Waals surface area contributed by atoms with Crippen LogP contribution >= 0.6 is 0 Å². The molecule has 6 atom stereocenters. The molecule has 4 heterocycles. The van der Waals surface area contributed by atoms with Gasteiger partial charge in [-0.3, -0.25) is 29.2 Å². The molecule has 10 rings (SSSR count). The van der Waals surface area contributed by atoms with Crippen molar-refractivity contribution >= 4 is 47.0 Å². The summed E-state index contributed by atoms with van der Waals surface area (Å²) >= 11 is 0. The maximum Gasteiger partial charge on any atom is 1.00 e. The SMILES string of the molecule is C.O=C(O)C[C@@H]1c2ccccc2[C@@H]2CN(C(=O)Cc3cccc(NC4=NCCCN4)c3)CC[C@H]12.O=C(O)C[C@H]1c2ccccc2[C@@H]2CN(C(=O)Cc3cccc(NC4=NCCCN4)c3)CC[C@H]12.[Li+].[OH-]. The van der Waals surface area contributed by atoms with Gasteiger partial charge in [-0.2, -0.15) is 0 Å². The summed E-state index contributed by atoms with van der Waals surface area (Å²) in [6.07, 6.45) is 4.79. The van der Waals surface area contributed by atoms with Gasteiger partial charge in [-0.1, -0.05) is 80.2 Å². The van der Waals surface area contributed by atoms with Crippen molar-refractivity contribution in [3.05, 3.63) is 130 Å². The third kappa shape index (κ3) is 12.4. The number of carboxylic acid groups (broad SMARTS) is 2. The summed E-state index contributed by atoms with van der Waals surface area (Å²) in [7, 11) is 0. The van der Waals surface area contributed by atoms with Gasteiger partial charge in [0.15, 0.2) is 11.9 Å². The number of hydrogen-bond donors (Lipinski definition) is 6. The van der Waals surface area contributed by atoms with Crippen LogP contribution in [0, 0.1) is 11.8 Å². The van der Waals surface area contributed by atoms with E-state index < -0.39 is 11.9 Å². The van der Waals surface area contributed by atoms with Crippen LogP contribution in [-0.4, -0.2) is 114 Å². The van der Waals surface area contributed by atoms with Gasteiger partial charge in [0.1, 0.15) is 0 Å². The topological polar surface area (TPSA) is 218 Å². The fourth-order valence-electron chi connectivity index (χ4n) is 11.3. The number of likely N-dealkylation sites (tertiary alicyclic amines) is 2. The van der Waals surface area contributed by atoms with Crippen LogP contribution in [0.5, 0.6) is 0 Å². The number of aliphatic carboxylic acids is 2. The first kappa shape index (κ1) is 52.2. The predicted molar refractivity (Wildman–Crippen MR) is 264 cm³/mol. The fourth-order valence-corrected chi connectivity index (χ4v) is 11.3. The molecule has 7 N–H and O–H groups in total. The molecule has 69 heavy (non-hydrogen) atoms. The van der Waals surface area contributed by atoms with E-state index in [1.165, 1.54) is 11.1 Å². The summed E-state index contributed by atoms with van der Waals surface area (Å²) in [6, 6.07) is 32.3. The number of rotatable bonds is 10. The van der Waals surface area contributed by atoms with Crippen LogP contribution in [0.15, 0.2) is 107 Å². The number of hydrogen-bond acceptors (Lipinski definition) is 11. The third-order valence-electron chi connectivity index (χ3n) is 14.3. The molecular weight excluding hydrogens is 868 g/mol. The van der Waals surface area contributed by atoms with Gasteiger partial charge in [0.2, 0.25) is 11.8 Å². The van der Waals surface area contributed by atoms with Crippen LogP contribution in [0.25, 0.3) is 0 Å². The standard InChI is InChI=1S/2C26H30N4O3.CH4.Li.H2O/c2*31-24(14-17-5-3-6-18(13-17)29-26-27-10-4-11-28-26)30-12-9-21-22(15-25(32)33)19-7-1-2-8-20(19)23(21)16-30;;;/h2*1-3,5-8,13,21-23H,4,9-12,14-16H2,(H,32,33)(H2,27,28,29);1H4;;1H2/q;;;+1;/p-1/t21-,22+,23+;21-,22-,23+;;;/m11.../s1. The van der Waals surface area contributed by atoms with Crippen molar-refractivity contribution in [1.29, 1.82) is 0 Å². The van der Waals surface area contributed by atoms with Gasteiger partial charge in [0.25, 0.3) is 0 Å². The zero-order valence-corrected chi connectivity index (χ0v) is 38.8. The van der Waals surface area contributed by atoms with Crippen molar-refractivity contribution in [1.82, 2.24) is 20.4 Å². The average Bonchev–Trinajstić information content (AvgIpc) is 3.80. The molecule has 4 aromatic carbocycles. The van der Waals surface area contributed by atoms with E-state index in [4.69, 9.17) is 0 Å². The van der Waals surface area contributed by atoms with Gasteiger partial charge in [-0.05, 0) is 107 Å². The maximum absolute atomic E-state index is 13.2. The summed E-state index contributed by atoms with van der Waals surface area (Å²) in [5.74, 6) is 1.39. The summed E-state index contributed by atoms with van der Waals surface area (Å²) in [4.78, 5) is 62.2. The number of guanidine groups is 2. The van der Waals surface area contributed by atoms with E-state index in [9.17, 15) is 29.4 Å². The van der Waals surface area contributed by atoms with Crippen LogP contribution in [0.4, 0.5) is 11.4 Å². The second-order valence-corrected chi connectivity index (χ2v) is 18.5. The monoisotopic (exact) mass is 933 g/mol. The number of carbonyl (C=O) groups is 4. The molecule has 4 aliphatic heterocycles. The number of carbonyl (C=O) groups excluding carboxylic acids is 2. The third-order valence-corrected chi connectivity index (χ3v) is 14.3. The summed E-state index contributed by atoms with van der Waals surface area (Å²) in [5, 5.41) is 32.0. The van der Waals surface area contributed by atoms with Gasteiger partial charge in [-0.15, -0.1) is 0 Å². The number of piperidine rings is 2. The van der Waals surface area contributed by atoms with E-state index in [0.29, 0.717) is 50.9 Å². The van der Waals surface area contributed by atoms with Gasteiger partial charge < -0.3 is 46.8 Å².